The first-order chi connectivity index (χ1) is 15.0. The Kier molecular flexibility index (Phi) is 8.06. The zero-order valence-electron chi connectivity index (χ0n) is 18.7. The molecule has 0 aromatic heterocycles. The van der Waals surface area contributed by atoms with E-state index in [1.165, 1.54) is 5.56 Å². The highest BCUT2D eigenvalue weighted by molar-refractivity contribution is 5.92. The molecule has 2 amide bonds. The van der Waals surface area contributed by atoms with Crippen LogP contribution in [0.2, 0.25) is 0 Å². The molecule has 0 aliphatic carbocycles. The van der Waals surface area contributed by atoms with E-state index in [0.717, 1.165) is 54.9 Å². The number of aryl methyl sites for hydroxylation is 2. The molecule has 1 saturated heterocycles. The van der Waals surface area contributed by atoms with Crippen LogP contribution in [0.25, 0.3) is 0 Å². The van der Waals surface area contributed by atoms with Crippen molar-refractivity contribution in [2.45, 2.75) is 33.1 Å². The Bertz CT molecular complexity index is 905. The fourth-order valence-electron chi connectivity index (χ4n) is 3.95. The summed E-state index contributed by atoms with van der Waals surface area (Å²) in [4.78, 5) is 27.0. The molecule has 0 spiro atoms. The van der Waals surface area contributed by atoms with Gasteiger partial charge < -0.3 is 15.4 Å². The van der Waals surface area contributed by atoms with Gasteiger partial charge in [-0.25, -0.2) is 0 Å². The SMILES string of the molecule is COc1ccccc1CCNC(=O)C1CCN(CC(=O)Nc2ccc(C)c(C)c2)CC1. The molecule has 2 N–H and O–H groups in total. The van der Waals surface area contributed by atoms with E-state index in [1.54, 1.807) is 7.11 Å². The summed E-state index contributed by atoms with van der Waals surface area (Å²) in [7, 11) is 1.66. The number of carbonyl (C=O) groups excluding carboxylic acids is 2. The largest absolute Gasteiger partial charge is 0.496 e. The molecule has 1 aliphatic heterocycles. The Labute approximate surface area is 185 Å². The molecule has 1 heterocycles. The first-order valence-electron chi connectivity index (χ1n) is 11.0. The molecule has 166 valence electrons. The van der Waals surface area contributed by atoms with Crippen LogP contribution in [0, 0.1) is 19.8 Å². The van der Waals surface area contributed by atoms with Gasteiger partial charge in [0.05, 0.1) is 13.7 Å². The number of anilines is 1. The molecule has 2 aromatic carbocycles. The Hall–Kier alpha value is -2.86. The Morgan fingerprint density at radius 2 is 1.81 bits per heavy atom. The van der Waals surface area contributed by atoms with Gasteiger partial charge >= 0.3 is 0 Å². The predicted octanol–water partition coefficient (Wildman–Crippen LogP) is 3.32. The number of para-hydroxylation sites is 1. The molecule has 0 unspecified atom stereocenters. The van der Waals surface area contributed by atoms with Gasteiger partial charge in [-0.05, 0) is 81.1 Å². The zero-order valence-corrected chi connectivity index (χ0v) is 18.7. The van der Waals surface area contributed by atoms with Gasteiger partial charge in [-0.1, -0.05) is 24.3 Å². The average molecular weight is 424 g/mol. The van der Waals surface area contributed by atoms with Crippen LogP contribution in [0.15, 0.2) is 42.5 Å². The summed E-state index contributed by atoms with van der Waals surface area (Å²) in [6.45, 7) is 6.56. The number of hydrogen-bond acceptors (Lipinski definition) is 4. The molecule has 0 radical (unpaired) electrons. The van der Waals surface area contributed by atoms with Crippen molar-refractivity contribution >= 4 is 17.5 Å². The van der Waals surface area contributed by atoms with Crippen molar-refractivity contribution in [1.29, 1.82) is 0 Å². The number of hydrogen-bond donors (Lipinski definition) is 2. The number of carbonyl (C=O) groups is 2. The summed E-state index contributed by atoms with van der Waals surface area (Å²) in [5.74, 6) is 0.956. The lowest BCUT2D eigenvalue weighted by molar-refractivity contribution is -0.126. The molecule has 0 atom stereocenters. The number of rotatable bonds is 8. The lowest BCUT2D eigenvalue weighted by Gasteiger charge is -2.30. The number of amides is 2. The van der Waals surface area contributed by atoms with E-state index in [4.69, 9.17) is 4.74 Å². The molecular formula is C25H33N3O3. The molecule has 2 aromatic rings. The van der Waals surface area contributed by atoms with Crippen molar-refractivity contribution in [2.24, 2.45) is 5.92 Å². The average Bonchev–Trinajstić information content (AvgIpc) is 2.77. The van der Waals surface area contributed by atoms with Crippen molar-refractivity contribution in [2.75, 3.05) is 38.6 Å². The third-order valence-corrected chi connectivity index (χ3v) is 6.00. The van der Waals surface area contributed by atoms with Gasteiger partial charge in [0.25, 0.3) is 0 Å². The summed E-state index contributed by atoms with van der Waals surface area (Å²) in [6, 6.07) is 13.8. The Balaban J connectivity index is 1.38. The van der Waals surface area contributed by atoms with Crippen molar-refractivity contribution in [3.8, 4) is 5.75 Å². The van der Waals surface area contributed by atoms with Gasteiger partial charge in [-0.3, -0.25) is 14.5 Å². The number of methoxy groups -OCH3 is 1. The summed E-state index contributed by atoms with van der Waals surface area (Å²) in [5.41, 5.74) is 4.30. The minimum atomic E-state index is -0.0111. The van der Waals surface area contributed by atoms with Crippen LogP contribution in [-0.2, 0) is 16.0 Å². The highest BCUT2D eigenvalue weighted by Gasteiger charge is 2.25. The van der Waals surface area contributed by atoms with Gasteiger partial charge in [0.15, 0.2) is 0 Å². The van der Waals surface area contributed by atoms with Crippen LogP contribution in [0.1, 0.15) is 29.5 Å². The van der Waals surface area contributed by atoms with Crippen molar-refractivity contribution in [3.05, 3.63) is 59.2 Å². The lowest BCUT2D eigenvalue weighted by atomic mass is 9.96. The quantitative estimate of drug-likeness (QED) is 0.683. The normalized spacial score (nSPS) is 14.8. The van der Waals surface area contributed by atoms with E-state index in [-0.39, 0.29) is 17.7 Å². The Morgan fingerprint density at radius 3 is 2.52 bits per heavy atom. The lowest BCUT2D eigenvalue weighted by Crippen LogP contribution is -2.43. The maximum absolute atomic E-state index is 12.5. The van der Waals surface area contributed by atoms with E-state index >= 15 is 0 Å². The minimum absolute atomic E-state index is 0.0109. The molecule has 6 heteroatoms. The van der Waals surface area contributed by atoms with Gasteiger partial charge in [-0.2, -0.15) is 0 Å². The van der Waals surface area contributed by atoms with Crippen LogP contribution in [-0.4, -0.2) is 50.0 Å². The third kappa shape index (κ3) is 6.56. The highest BCUT2D eigenvalue weighted by Crippen LogP contribution is 2.19. The number of piperidine rings is 1. The molecule has 3 rings (SSSR count). The van der Waals surface area contributed by atoms with Gasteiger partial charge in [-0.15, -0.1) is 0 Å². The summed E-state index contributed by atoms with van der Waals surface area (Å²) in [5, 5.41) is 6.03. The second-order valence-electron chi connectivity index (χ2n) is 8.25. The van der Waals surface area contributed by atoms with Crippen molar-refractivity contribution < 1.29 is 14.3 Å². The minimum Gasteiger partial charge on any atom is -0.496 e. The molecule has 1 aliphatic rings. The smallest absolute Gasteiger partial charge is 0.238 e. The highest BCUT2D eigenvalue weighted by atomic mass is 16.5. The molecule has 31 heavy (non-hydrogen) atoms. The number of ether oxygens (including phenoxy) is 1. The van der Waals surface area contributed by atoms with Gasteiger partial charge in [0.2, 0.25) is 11.8 Å². The summed E-state index contributed by atoms with van der Waals surface area (Å²) >= 11 is 0. The topological polar surface area (TPSA) is 70.7 Å². The molecule has 6 nitrogen and oxygen atoms in total. The monoisotopic (exact) mass is 423 g/mol. The number of benzene rings is 2. The summed E-state index contributed by atoms with van der Waals surface area (Å²) < 4.78 is 5.36. The van der Waals surface area contributed by atoms with Crippen LogP contribution >= 0.6 is 0 Å². The van der Waals surface area contributed by atoms with Crippen LogP contribution in [0.4, 0.5) is 5.69 Å². The zero-order chi connectivity index (χ0) is 22.2. The van der Waals surface area contributed by atoms with E-state index in [1.807, 2.05) is 49.4 Å². The predicted molar refractivity (Wildman–Crippen MR) is 123 cm³/mol. The maximum atomic E-state index is 12.5. The van der Waals surface area contributed by atoms with Gasteiger partial charge in [0, 0.05) is 18.2 Å². The first kappa shape index (κ1) is 22.8. The number of nitrogens with zero attached hydrogens (tertiary/aromatic N) is 1. The number of nitrogens with one attached hydrogen (secondary N) is 2. The van der Waals surface area contributed by atoms with Crippen molar-refractivity contribution in [1.82, 2.24) is 10.2 Å². The Morgan fingerprint density at radius 1 is 1.06 bits per heavy atom. The second-order valence-corrected chi connectivity index (χ2v) is 8.25. The number of likely N-dealkylation sites (tertiary alicyclic amines) is 1. The van der Waals surface area contributed by atoms with Crippen LogP contribution in [0.5, 0.6) is 5.75 Å². The van der Waals surface area contributed by atoms with E-state index < -0.39 is 0 Å². The maximum Gasteiger partial charge on any atom is 0.238 e. The second kappa shape index (κ2) is 11.0. The van der Waals surface area contributed by atoms with Crippen molar-refractivity contribution in [3.63, 3.8) is 0 Å². The molecule has 1 fully saturated rings. The summed E-state index contributed by atoms with van der Waals surface area (Å²) in [6.07, 6.45) is 2.29. The fraction of sp³-hybridized carbons (Fsp3) is 0.440. The molecular weight excluding hydrogens is 390 g/mol. The van der Waals surface area contributed by atoms with Crippen LogP contribution < -0.4 is 15.4 Å². The molecule has 0 bridgehead atoms. The first-order valence-corrected chi connectivity index (χ1v) is 11.0. The van der Waals surface area contributed by atoms with Gasteiger partial charge in [0.1, 0.15) is 5.75 Å². The third-order valence-electron chi connectivity index (χ3n) is 6.00. The molecule has 0 saturated carbocycles. The van der Waals surface area contributed by atoms with E-state index in [0.29, 0.717) is 13.1 Å². The van der Waals surface area contributed by atoms with E-state index in [9.17, 15) is 9.59 Å². The fourth-order valence-corrected chi connectivity index (χ4v) is 3.95. The standard InChI is InChI=1S/C25H33N3O3/c1-18-8-9-22(16-19(18)2)27-24(29)17-28-14-11-21(12-15-28)25(30)26-13-10-20-6-4-5-7-23(20)31-3/h4-9,16,21H,10-15,17H2,1-3H3,(H,26,30)(H,27,29). The van der Waals surface area contributed by atoms with E-state index in [2.05, 4.69) is 22.5 Å². The van der Waals surface area contributed by atoms with Crippen LogP contribution in [0.3, 0.4) is 0 Å².